The van der Waals surface area contributed by atoms with Crippen LogP contribution in [0, 0.1) is 0 Å². The third-order valence-electron chi connectivity index (χ3n) is 3.30. The average Bonchev–Trinajstić information content (AvgIpc) is 2.60. The first-order chi connectivity index (χ1) is 12.4. The van der Waals surface area contributed by atoms with E-state index >= 15 is 0 Å². The number of benzene rings is 2. The minimum Gasteiger partial charge on any atom is -0.378 e. The Morgan fingerprint density at radius 2 is 1.88 bits per heavy atom. The van der Waals surface area contributed by atoms with E-state index in [0.717, 1.165) is 11.3 Å². The van der Waals surface area contributed by atoms with Gasteiger partial charge < -0.3 is 15.5 Å². The van der Waals surface area contributed by atoms with Gasteiger partial charge in [-0.1, -0.05) is 29.8 Å². The predicted octanol–water partition coefficient (Wildman–Crippen LogP) is 2.68. The number of anilines is 2. The van der Waals surface area contributed by atoms with Crippen LogP contribution >= 0.6 is 11.6 Å². The Bertz CT molecular complexity index is 790. The van der Waals surface area contributed by atoms with Gasteiger partial charge in [-0.25, -0.2) is 10.2 Å². The molecule has 0 aliphatic rings. The van der Waals surface area contributed by atoms with E-state index < -0.39 is 11.9 Å². The first kappa shape index (κ1) is 19.3. The molecule has 0 saturated heterocycles. The number of rotatable bonds is 6. The molecule has 0 aromatic heterocycles. The quantitative estimate of drug-likeness (QED) is 0.537. The number of amides is 3. The summed E-state index contributed by atoms with van der Waals surface area (Å²) in [5.74, 6) is -0.438. The lowest BCUT2D eigenvalue weighted by atomic mass is 10.2. The molecule has 0 radical (unpaired) electrons. The topological polar surface area (TPSA) is 85.8 Å². The van der Waals surface area contributed by atoms with E-state index in [2.05, 4.69) is 21.2 Å². The molecule has 26 heavy (non-hydrogen) atoms. The summed E-state index contributed by atoms with van der Waals surface area (Å²) in [6.07, 6.45) is 1.53. The molecule has 0 spiro atoms. The highest BCUT2D eigenvalue weighted by molar-refractivity contribution is 6.30. The summed E-state index contributed by atoms with van der Waals surface area (Å²) < 4.78 is 0. The molecule has 3 N–H and O–H groups in total. The first-order valence-electron chi connectivity index (χ1n) is 7.84. The fraction of sp³-hybridized carbons (Fsp3) is 0.167. The molecule has 0 unspecified atom stereocenters. The number of hydrogen-bond donors (Lipinski definition) is 3. The van der Waals surface area contributed by atoms with Crippen LogP contribution in [-0.2, 0) is 4.79 Å². The Balaban J connectivity index is 1.73. The summed E-state index contributed by atoms with van der Waals surface area (Å²) in [7, 11) is 3.91. The molecule has 0 heterocycles. The Hall–Kier alpha value is -3.06. The molecule has 2 aromatic rings. The van der Waals surface area contributed by atoms with E-state index in [4.69, 9.17) is 11.6 Å². The van der Waals surface area contributed by atoms with Crippen molar-refractivity contribution in [1.82, 2.24) is 10.7 Å². The van der Waals surface area contributed by atoms with Gasteiger partial charge in [0, 0.05) is 30.5 Å². The molecule has 0 bridgehead atoms. The highest BCUT2D eigenvalue weighted by Gasteiger charge is 2.05. The lowest BCUT2D eigenvalue weighted by molar-refractivity contribution is -0.120. The zero-order chi connectivity index (χ0) is 18.9. The van der Waals surface area contributed by atoms with E-state index in [1.54, 1.807) is 24.3 Å². The van der Waals surface area contributed by atoms with Gasteiger partial charge >= 0.3 is 6.03 Å². The molecule has 0 atom stereocenters. The predicted molar refractivity (Wildman–Crippen MR) is 105 cm³/mol. The number of nitrogens with one attached hydrogen (secondary N) is 3. The zero-order valence-corrected chi connectivity index (χ0v) is 15.2. The largest absolute Gasteiger partial charge is 0.378 e. The molecule has 0 fully saturated rings. The van der Waals surface area contributed by atoms with Gasteiger partial charge in [0.2, 0.25) is 0 Å². The van der Waals surface area contributed by atoms with Gasteiger partial charge in [0.15, 0.2) is 0 Å². The lowest BCUT2D eigenvalue weighted by Gasteiger charge is -2.11. The van der Waals surface area contributed by atoms with Crippen LogP contribution in [0.3, 0.4) is 0 Å². The third-order valence-corrected chi connectivity index (χ3v) is 3.54. The molecule has 3 amide bonds. The summed E-state index contributed by atoms with van der Waals surface area (Å²) in [6, 6.07) is 13.9. The van der Waals surface area contributed by atoms with Crippen LogP contribution in [0.1, 0.15) is 5.56 Å². The van der Waals surface area contributed by atoms with Gasteiger partial charge in [0.05, 0.1) is 6.21 Å². The normalized spacial score (nSPS) is 10.4. The fourth-order valence-corrected chi connectivity index (χ4v) is 2.17. The highest BCUT2D eigenvalue weighted by Crippen LogP contribution is 2.14. The monoisotopic (exact) mass is 373 g/mol. The summed E-state index contributed by atoms with van der Waals surface area (Å²) in [5, 5.41) is 9.38. The highest BCUT2D eigenvalue weighted by atomic mass is 35.5. The van der Waals surface area contributed by atoms with Crippen molar-refractivity contribution in [1.29, 1.82) is 0 Å². The molecular formula is C18H20ClN5O2. The number of nitrogens with zero attached hydrogens (tertiary/aromatic N) is 2. The number of carbonyl (C=O) groups is 2. The van der Waals surface area contributed by atoms with E-state index in [1.165, 1.54) is 6.21 Å². The summed E-state index contributed by atoms with van der Waals surface area (Å²) in [6.45, 7) is -0.205. The standard InChI is InChI=1S/C18H20ClN5O2/c1-24(2)16-8-6-13(7-9-16)11-21-23-17(25)12-20-18(26)22-15-5-3-4-14(19)10-15/h3-11H,12H2,1-2H3,(H,23,25)(H2,20,22,26)/b21-11+. The zero-order valence-electron chi connectivity index (χ0n) is 14.5. The van der Waals surface area contributed by atoms with Crippen LogP contribution in [0.2, 0.25) is 5.02 Å². The first-order valence-corrected chi connectivity index (χ1v) is 8.21. The number of halogens is 1. The molecular weight excluding hydrogens is 354 g/mol. The van der Waals surface area contributed by atoms with Crippen LogP contribution in [0.25, 0.3) is 0 Å². The SMILES string of the molecule is CN(C)c1ccc(/C=N/NC(=O)CNC(=O)Nc2cccc(Cl)c2)cc1. The Labute approximate surface area is 157 Å². The Kier molecular flexibility index (Phi) is 6.99. The second-order valence-corrected chi connectivity index (χ2v) is 6.03. The lowest BCUT2D eigenvalue weighted by Crippen LogP contribution is -2.37. The van der Waals surface area contributed by atoms with Crippen LogP contribution in [0.4, 0.5) is 16.2 Å². The van der Waals surface area contributed by atoms with E-state index in [9.17, 15) is 9.59 Å². The van der Waals surface area contributed by atoms with Crippen molar-refractivity contribution in [2.75, 3.05) is 30.9 Å². The number of hydrogen-bond acceptors (Lipinski definition) is 4. The second kappa shape index (κ2) is 9.43. The van der Waals surface area contributed by atoms with E-state index in [1.807, 2.05) is 43.3 Å². The Morgan fingerprint density at radius 1 is 1.15 bits per heavy atom. The maximum absolute atomic E-state index is 11.7. The molecule has 0 saturated carbocycles. The number of urea groups is 1. The van der Waals surface area contributed by atoms with Crippen molar-refractivity contribution in [3.63, 3.8) is 0 Å². The molecule has 7 nitrogen and oxygen atoms in total. The van der Waals surface area contributed by atoms with Crippen LogP contribution in [-0.4, -0.2) is 38.8 Å². The van der Waals surface area contributed by atoms with Crippen LogP contribution < -0.4 is 21.0 Å². The molecule has 2 rings (SSSR count). The van der Waals surface area contributed by atoms with Crippen molar-refractivity contribution >= 4 is 41.1 Å². The molecule has 0 aliphatic heterocycles. The molecule has 136 valence electrons. The van der Waals surface area contributed by atoms with Gasteiger partial charge in [-0.2, -0.15) is 5.10 Å². The van der Waals surface area contributed by atoms with Crippen molar-refractivity contribution < 1.29 is 9.59 Å². The molecule has 2 aromatic carbocycles. The molecule has 0 aliphatic carbocycles. The van der Waals surface area contributed by atoms with Gasteiger partial charge in [0.25, 0.3) is 5.91 Å². The minimum atomic E-state index is -0.509. The third kappa shape index (κ3) is 6.45. The summed E-state index contributed by atoms with van der Waals surface area (Å²) in [4.78, 5) is 25.4. The minimum absolute atomic E-state index is 0.205. The molecule has 8 heteroatoms. The van der Waals surface area contributed by atoms with Gasteiger partial charge in [-0.05, 0) is 35.9 Å². The van der Waals surface area contributed by atoms with Crippen LogP contribution in [0.15, 0.2) is 53.6 Å². The van der Waals surface area contributed by atoms with E-state index in [0.29, 0.717) is 10.7 Å². The summed E-state index contributed by atoms with van der Waals surface area (Å²) in [5.41, 5.74) is 4.81. The fourth-order valence-electron chi connectivity index (χ4n) is 1.98. The maximum Gasteiger partial charge on any atom is 0.319 e. The van der Waals surface area contributed by atoms with Gasteiger partial charge in [0.1, 0.15) is 6.54 Å². The van der Waals surface area contributed by atoms with Gasteiger partial charge in [-0.15, -0.1) is 0 Å². The number of carbonyl (C=O) groups excluding carboxylic acids is 2. The number of hydrazone groups is 1. The van der Waals surface area contributed by atoms with E-state index in [-0.39, 0.29) is 6.54 Å². The van der Waals surface area contributed by atoms with Crippen molar-refractivity contribution in [2.45, 2.75) is 0 Å². The average molecular weight is 374 g/mol. The smallest absolute Gasteiger partial charge is 0.319 e. The maximum atomic E-state index is 11.7. The summed E-state index contributed by atoms with van der Waals surface area (Å²) >= 11 is 5.83. The van der Waals surface area contributed by atoms with Crippen molar-refractivity contribution in [3.05, 3.63) is 59.1 Å². The van der Waals surface area contributed by atoms with Crippen molar-refractivity contribution in [3.8, 4) is 0 Å². The van der Waals surface area contributed by atoms with Crippen molar-refractivity contribution in [2.24, 2.45) is 5.10 Å². The Morgan fingerprint density at radius 3 is 2.54 bits per heavy atom. The van der Waals surface area contributed by atoms with Crippen LogP contribution in [0.5, 0.6) is 0 Å². The van der Waals surface area contributed by atoms with Gasteiger partial charge in [-0.3, -0.25) is 4.79 Å². The second-order valence-electron chi connectivity index (χ2n) is 5.60.